The van der Waals surface area contributed by atoms with Crippen LogP contribution in [0.25, 0.3) is 0 Å². The van der Waals surface area contributed by atoms with Crippen molar-refractivity contribution in [2.75, 3.05) is 14.1 Å². The first-order chi connectivity index (χ1) is 6.22. The maximum Gasteiger partial charge on any atom is 0.0272 e. The normalized spacial score (nSPS) is 14.2. The molecule has 1 atom stereocenters. The van der Waals surface area contributed by atoms with E-state index in [9.17, 15) is 0 Å². The van der Waals surface area contributed by atoms with Crippen molar-refractivity contribution in [3.63, 3.8) is 0 Å². The van der Waals surface area contributed by atoms with E-state index in [1.54, 1.807) is 0 Å². The summed E-state index contributed by atoms with van der Waals surface area (Å²) in [4.78, 5) is 2.31. The lowest BCUT2D eigenvalue weighted by Crippen LogP contribution is -2.25. The molecule has 0 aliphatic rings. The maximum absolute atomic E-state index is 2.34. The minimum atomic E-state index is 0.645. The highest BCUT2D eigenvalue weighted by Crippen LogP contribution is 2.08. The second-order valence-electron chi connectivity index (χ2n) is 3.86. The summed E-state index contributed by atoms with van der Waals surface area (Å²) < 4.78 is 0. The Balaban J connectivity index is 3.74. The van der Waals surface area contributed by atoms with E-state index in [1.165, 1.54) is 25.7 Å². The van der Waals surface area contributed by atoms with Crippen molar-refractivity contribution < 1.29 is 0 Å². The summed E-state index contributed by atoms with van der Waals surface area (Å²) in [5, 5.41) is 0. The zero-order valence-corrected chi connectivity index (χ0v) is 9.71. The molecule has 0 fully saturated rings. The Bertz CT molecular complexity index is 127. The summed E-state index contributed by atoms with van der Waals surface area (Å²) in [7, 11) is 4.33. The molecule has 0 spiro atoms. The largest absolute Gasteiger partial charge is 0.303 e. The summed E-state index contributed by atoms with van der Waals surface area (Å²) >= 11 is 0. The van der Waals surface area contributed by atoms with Crippen LogP contribution in [-0.2, 0) is 0 Å². The van der Waals surface area contributed by atoms with Crippen LogP contribution in [0.2, 0.25) is 0 Å². The van der Waals surface area contributed by atoms with Crippen molar-refractivity contribution in [3.05, 3.63) is 12.2 Å². The summed E-state index contributed by atoms with van der Waals surface area (Å²) in [6, 6.07) is 0.645. The van der Waals surface area contributed by atoms with Gasteiger partial charge in [-0.2, -0.15) is 0 Å². The van der Waals surface area contributed by atoms with Crippen molar-refractivity contribution in [2.24, 2.45) is 0 Å². The van der Waals surface area contributed by atoms with E-state index in [1.807, 2.05) is 0 Å². The molecule has 0 aromatic rings. The molecule has 0 saturated carbocycles. The topological polar surface area (TPSA) is 3.24 Å². The van der Waals surface area contributed by atoms with E-state index in [2.05, 4.69) is 45.0 Å². The minimum Gasteiger partial charge on any atom is -0.303 e. The van der Waals surface area contributed by atoms with Gasteiger partial charge in [0.1, 0.15) is 0 Å². The summed E-state index contributed by atoms with van der Waals surface area (Å²) in [5.74, 6) is 0. The third-order valence-corrected chi connectivity index (χ3v) is 2.36. The van der Waals surface area contributed by atoms with Gasteiger partial charge in [0.15, 0.2) is 0 Å². The van der Waals surface area contributed by atoms with E-state index in [-0.39, 0.29) is 0 Å². The lowest BCUT2D eigenvalue weighted by Gasteiger charge is -2.20. The summed E-state index contributed by atoms with van der Waals surface area (Å²) in [5.41, 5.74) is 0. The van der Waals surface area contributed by atoms with Gasteiger partial charge in [-0.15, -0.1) is 0 Å². The van der Waals surface area contributed by atoms with Gasteiger partial charge in [0.25, 0.3) is 0 Å². The van der Waals surface area contributed by atoms with Gasteiger partial charge < -0.3 is 4.90 Å². The predicted molar refractivity (Wildman–Crippen MR) is 61.0 cm³/mol. The first kappa shape index (κ1) is 12.7. The van der Waals surface area contributed by atoms with Crippen molar-refractivity contribution in [1.29, 1.82) is 0 Å². The lowest BCUT2D eigenvalue weighted by molar-refractivity contribution is 0.320. The molecule has 1 unspecified atom stereocenters. The van der Waals surface area contributed by atoms with E-state index in [0.717, 1.165) is 6.42 Å². The molecule has 1 nitrogen and oxygen atoms in total. The standard InChI is InChI=1S/C12H25N/c1-5-7-9-11-12(13(3)4)10-8-6-2/h8,10,12H,5-7,9,11H2,1-4H3. The van der Waals surface area contributed by atoms with Crippen LogP contribution in [0.15, 0.2) is 12.2 Å². The number of rotatable bonds is 7. The van der Waals surface area contributed by atoms with Gasteiger partial charge in [0.05, 0.1) is 0 Å². The number of hydrogen-bond acceptors (Lipinski definition) is 1. The molecule has 0 radical (unpaired) electrons. The molecule has 0 heterocycles. The molecule has 0 aliphatic heterocycles. The van der Waals surface area contributed by atoms with Crippen LogP contribution < -0.4 is 0 Å². The SMILES string of the molecule is CCC=CC(CCCCC)N(C)C. The van der Waals surface area contributed by atoms with Crippen LogP contribution in [0.1, 0.15) is 46.0 Å². The molecule has 0 aromatic carbocycles. The zero-order chi connectivity index (χ0) is 10.1. The average molecular weight is 183 g/mol. The minimum absolute atomic E-state index is 0.645. The van der Waals surface area contributed by atoms with Gasteiger partial charge in [0.2, 0.25) is 0 Å². The Hall–Kier alpha value is -0.300. The molecule has 0 aliphatic carbocycles. The van der Waals surface area contributed by atoms with Crippen molar-refractivity contribution in [1.82, 2.24) is 4.90 Å². The molecule has 0 bridgehead atoms. The molecule has 0 aromatic heterocycles. The van der Waals surface area contributed by atoms with E-state index < -0.39 is 0 Å². The Morgan fingerprint density at radius 1 is 1.15 bits per heavy atom. The monoisotopic (exact) mass is 183 g/mol. The van der Waals surface area contributed by atoms with E-state index in [4.69, 9.17) is 0 Å². The first-order valence-electron chi connectivity index (χ1n) is 5.55. The zero-order valence-electron chi connectivity index (χ0n) is 9.71. The Morgan fingerprint density at radius 3 is 2.31 bits per heavy atom. The predicted octanol–water partition coefficient (Wildman–Crippen LogP) is 3.46. The number of likely N-dealkylation sites (N-methyl/N-ethyl adjacent to an activating group) is 1. The third-order valence-electron chi connectivity index (χ3n) is 2.36. The molecular formula is C12H25N. The molecule has 1 heteroatoms. The first-order valence-corrected chi connectivity index (χ1v) is 5.55. The Labute approximate surface area is 83.8 Å². The molecule has 13 heavy (non-hydrogen) atoms. The summed E-state index contributed by atoms with van der Waals surface area (Å²) in [6.45, 7) is 4.45. The molecule has 78 valence electrons. The van der Waals surface area contributed by atoms with Crippen LogP contribution in [0.5, 0.6) is 0 Å². The van der Waals surface area contributed by atoms with Crippen molar-refractivity contribution in [2.45, 2.75) is 52.0 Å². The highest BCUT2D eigenvalue weighted by Gasteiger charge is 2.05. The molecular weight excluding hydrogens is 158 g/mol. The number of nitrogens with zero attached hydrogens (tertiary/aromatic N) is 1. The fourth-order valence-corrected chi connectivity index (χ4v) is 1.42. The van der Waals surface area contributed by atoms with Crippen LogP contribution in [-0.4, -0.2) is 25.0 Å². The van der Waals surface area contributed by atoms with Gasteiger partial charge >= 0.3 is 0 Å². The Morgan fingerprint density at radius 2 is 1.85 bits per heavy atom. The molecule has 0 N–H and O–H groups in total. The number of hydrogen-bond donors (Lipinski definition) is 0. The van der Waals surface area contributed by atoms with Crippen LogP contribution >= 0.6 is 0 Å². The van der Waals surface area contributed by atoms with Crippen molar-refractivity contribution in [3.8, 4) is 0 Å². The van der Waals surface area contributed by atoms with Crippen molar-refractivity contribution >= 4 is 0 Å². The Kier molecular flexibility index (Phi) is 8.11. The van der Waals surface area contributed by atoms with Gasteiger partial charge in [-0.1, -0.05) is 45.3 Å². The smallest absolute Gasteiger partial charge is 0.0272 e. The van der Waals surface area contributed by atoms with Crippen LogP contribution in [0, 0.1) is 0 Å². The number of unbranched alkanes of at least 4 members (excludes halogenated alkanes) is 2. The maximum atomic E-state index is 2.34. The number of allylic oxidation sites excluding steroid dienone is 1. The second kappa shape index (κ2) is 8.31. The fourth-order valence-electron chi connectivity index (χ4n) is 1.42. The van der Waals surface area contributed by atoms with E-state index >= 15 is 0 Å². The highest BCUT2D eigenvalue weighted by atomic mass is 15.1. The van der Waals surface area contributed by atoms with Crippen LogP contribution in [0.4, 0.5) is 0 Å². The quantitative estimate of drug-likeness (QED) is 0.431. The van der Waals surface area contributed by atoms with Gasteiger partial charge in [-0.25, -0.2) is 0 Å². The molecule has 0 rings (SSSR count). The lowest BCUT2D eigenvalue weighted by atomic mass is 10.1. The third kappa shape index (κ3) is 6.83. The highest BCUT2D eigenvalue weighted by molar-refractivity contribution is 4.92. The van der Waals surface area contributed by atoms with Gasteiger partial charge in [0, 0.05) is 6.04 Å². The van der Waals surface area contributed by atoms with Crippen LogP contribution in [0.3, 0.4) is 0 Å². The van der Waals surface area contributed by atoms with E-state index in [0.29, 0.717) is 6.04 Å². The molecule has 0 saturated heterocycles. The van der Waals surface area contributed by atoms with Gasteiger partial charge in [-0.05, 0) is 26.9 Å². The second-order valence-corrected chi connectivity index (χ2v) is 3.86. The van der Waals surface area contributed by atoms with Gasteiger partial charge in [-0.3, -0.25) is 0 Å². The summed E-state index contributed by atoms with van der Waals surface area (Å²) in [6.07, 6.45) is 11.1. The fraction of sp³-hybridized carbons (Fsp3) is 0.833. The molecule has 0 amide bonds. The average Bonchev–Trinajstić information content (AvgIpc) is 2.10.